The maximum Gasteiger partial charge on any atom is 0.119 e. The largest absolute Gasteiger partial charge is 0.490 e. The third kappa shape index (κ3) is 5.55. The van der Waals surface area contributed by atoms with Gasteiger partial charge in [-0.2, -0.15) is 0 Å². The average molecular weight is 431 g/mol. The Morgan fingerprint density at radius 2 is 1.77 bits per heavy atom. The molecule has 1 unspecified atom stereocenters. The SMILES string of the molecule is OC[C@@H]1CC(O)C[C@H](c2ccc(Cl)c(Cc3ccc(OC4CCCCC4)cc3)c2)O1. The molecule has 30 heavy (non-hydrogen) atoms. The van der Waals surface area contributed by atoms with Crippen LogP contribution in [0.15, 0.2) is 42.5 Å². The van der Waals surface area contributed by atoms with Crippen LogP contribution in [0.25, 0.3) is 0 Å². The minimum atomic E-state index is -0.461. The summed E-state index contributed by atoms with van der Waals surface area (Å²) in [5.74, 6) is 0.935. The standard InChI is InChI=1S/C25H31ClO4/c26-24-11-8-18(25-15-20(28)14-23(16-27)30-25)13-19(24)12-17-6-9-22(10-7-17)29-21-4-2-1-3-5-21/h6-11,13,20-21,23,25,27-28H,1-5,12,14-16H2/t20?,23-,25+/m0/s1. The molecule has 2 N–H and O–H groups in total. The summed E-state index contributed by atoms with van der Waals surface area (Å²) in [6.07, 6.45) is 7.21. The summed E-state index contributed by atoms with van der Waals surface area (Å²) in [6, 6.07) is 14.2. The van der Waals surface area contributed by atoms with Crippen molar-refractivity contribution in [2.24, 2.45) is 0 Å². The Labute approximate surface area is 183 Å². The van der Waals surface area contributed by atoms with E-state index in [0.717, 1.165) is 41.2 Å². The van der Waals surface area contributed by atoms with Gasteiger partial charge in [-0.15, -0.1) is 0 Å². The minimum Gasteiger partial charge on any atom is -0.490 e. The lowest BCUT2D eigenvalue weighted by Gasteiger charge is -2.32. The van der Waals surface area contributed by atoms with Gasteiger partial charge in [0.1, 0.15) is 5.75 Å². The van der Waals surface area contributed by atoms with E-state index in [2.05, 4.69) is 18.2 Å². The Hall–Kier alpha value is -1.59. The molecule has 1 saturated heterocycles. The van der Waals surface area contributed by atoms with Gasteiger partial charge in [-0.1, -0.05) is 42.3 Å². The van der Waals surface area contributed by atoms with E-state index in [4.69, 9.17) is 21.1 Å². The smallest absolute Gasteiger partial charge is 0.119 e. The van der Waals surface area contributed by atoms with Crippen molar-refractivity contribution in [2.45, 2.75) is 75.8 Å². The van der Waals surface area contributed by atoms with Gasteiger partial charge in [-0.3, -0.25) is 0 Å². The summed E-state index contributed by atoms with van der Waals surface area (Å²) in [5.41, 5.74) is 3.19. The van der Waals surface area contributed by atoms with Crippen LogP contribution >= 0.6 is 11.6 Å². The second-order valence-corrected chi connectivity index (χ2v) is 9.01. The van der Waals surface area contributed by atoms with E-state index in [9.17, 15) is 10.2 Å². The van der Waals surface area contributed by atoms with Crippen molar-refractivity contribution in [3.8, 4) is 5.75 Å². The summed E-state index contributed by atoms with van der Waals surface area (Å²) < 4.78 is 12.1. The van der Waals surface area contributed by atoms with E-state index >= 15 is 0 Å². The van der Waals surface area contributed by atoms with Gasteiger partial charge in [0, 0.05) is 17.9 Å². The predicted molar refractivity (Wildman–Crippen MR) is 118 cm³/mol. The molecule has 2 aromatic rings. The van der Waals surface area contributed by atoms with Crippen LogP contribution in [-0.4, -0.2) is 35.1 Å². The molecule has 0 aromatic heterocycles. The fraction of sp³-hybridized carbons (Fsp3) is 0.520. The maximum absolute atomic E-state index is 10.1. The summed E-state index contributed by atoms with van der Waals surface area (Å²) in [6.45, 7) is -0.0801. The van der Waals surface area contributed by atoms with Crippen LogP contribution < -0.4 is 4.74 Å². The third-order valence-corrected chi connectivity index (χ3v) is 6.56. The lowest BCUT2D eigenvalue weighted by atomic mass is 9.94. The van der Waals surface area contributed by atoms with Crippen molar-refractivity contribution in [1.82, 2.24) is 0 Å². The normalized spacial score (nSPS) is 25.2. The molecule has 0 radical (unpaired) electrons. The Kier molecular flexibility index (Phi) is 7.32. The zero-order valence-electron chi connectivity index (χ0n) is 17.3. The highest BCUT2D eigenvalue weighted by atomic mass is 35.5. The molecule has 0 spiro atoms. The topological polar surface area (TPSA) is 58.9 Å². The predicted octanol–water partition coefficient (Wildman–Crippen LogP) is 5.22. The number of halogens is 1. The number of benzene rings is 2. The first-order valence-electron chi connectivity index (χ1n) is 11.1. The summed E-state index contributed by atoms with van der Waals surface area (Å²) in [4.78, 5) is 0. The van der Waals surface area contributed by atoms with Gasteiger partial charge >= 0.3 is 0 Å². The highest BCUT2D eigenvalue weighted by Gasteiger charge is 2.29. The molecule has 4 rings (SSSR count). The molecule has 2 aromatic carbocycles. The molecule has 2 aliphatic rings. The number of ether oxygens (including phenoxy) is 2. The number of rotatable bonds is 6. The van der Waals surface area contributed by atoms with Crippen LogP contribution in [0.1, 0.15) is 67.7 Å². The van der Waals surface area contributed by atoms with Crippen LogP contribution in [0.2, 0.25) is 5.02 Å². The van der Waals surface area contributed by atoms with E-state index in [1.165, 1.54) is 24.8 Å². The Bertz CT molecular complexity index is 816. The van der Waals surface area contributed by atoms with Crippen molar-refractivity contribution < 1.29 is 19.7 Å². The molecule has 162 valence electrons. The fourth-order valence-electron chi connectivity index (χ4n) is 4.53. The quantitative estimate of drug-likeness (QED) is 0.660. The fourth-order valence-corrected chi connectivity index (χ4v) is 4.72. The van der Waals surface area contributed by atoms with Crippen LogP contribution in [0, 0.1) is 0 Å². The molecular weight excluding hydrogens is 400 g/mol. The number of hydrogen-bond acceptors (Lipinski definition) is 4. The van der Waals surface area contributed by atoms with Crippen molar-refractivity contribution >= 4 is 11.6 Å². The molecule has 2 fully saturated rings. The van der Waals surface area contributed by atoms with E-state index in [0.29, 0.717) is 18.9 Å². The molecule has 0 amide bonds. The first-order valence-corrected chi connectivity index (χ1v) is 11.5. The lowest BCUT2D eigenvalue weighted by Crippen LogP contribution is -2.33. The number of aliphatic hydroxyl groups is 2. The van der Waals surface area contributed by atoms with Crippen LogP contribution in [-0.2, 0) is 11.2 Å². The molecule has 1 aliphatic carbocycles. The van der Waals surface area contributed by atoms with Crippen molar-refractivity contribution in [1.29, 1.82) is 0 Å². The van der Waals surface area contributed by atoms with E-state index in [1.807, 2.05) is 24.3 Å². The van der Waals surface area contributed by atoms with Gasteiger partial charge in [0.15, 0.2) is 0 Å². The highest BCUT2D eigenvalue weighted by molar-refractivity contribution is 6.31. The number of aliphatic hydroxyl groups excluding tert-OH is 2. The second kappa shape index (κ2) is 10.1. The summed E-state index contributed by atoms with van der Waals surface area (Å²) in [5, 5.41) is 20.3. The van der Waals surface area contributed by atoms with Crippen molar-refractivity contribution in [3.05, 3.63) is 64.2 Å². The van der Waals surface area contributed by atoms with Crippen LogP contribution in [0.3, 0.4) is 0 Å². The minimum absolute atomic E-state index is 0.0801. The monoisotopic (exact) mass is 430 g/mol. The number of hydrogen-bond donors (Lipinski definition) is 2. The second-order valence-electron chi connectivity index (χ2n) is 8.60. The van der Waals surface area contributed by atoms with E-state index < -0.39 is 6.10 Å². The van der Waals surface area contributed by atoms with Crippen molar-refractivity contribution in [3.63, 3.8) is 0 Å². The molecular formula is C25H31ClO4. The Morgan fingerprint density at radius 1 is 1.00 bits per heavy atom. The molecule has 1 saturated carbocycles. The zero-order chi connectivity index (χ0) is 20.9. The lowest BCUT2D eigenvalue weighted by molar-refractivity contribution is -0.113. The Morgan fingerprint density at radius 3 is 2.50 bits per heavy atom. The van der Waals surface area contributed by atoms with Gasteiger partial charge in [-0.25, -0.2) is 0 Å². The van der Waals surface area contributed by atoms with Gasteiger partial charge < -0.3 is 19.7 Å². The third-order valence-electron chi connectivity index (χ3n) is 6.20. The van der Waals surface area contributed by atoms with Crippen molar-refractivity contribution in [2.75, 3.05) is 6.61 Å². The molecule has 1 aliphatic heterocycles. The highest BCUT2D eigenvalue weighted by Crippen LogP contribution is 2.34. The average Bonchev–Trinajstić information content (AvgIpc) is 2.77. The first-order chi connectivity index (χ1) is 14.6. The molecule has 0 bridgehead atoms. The first kappa shape index (κ1) is 21.6. The molecule has 4 nitrogen and oxygen atoms in total. The van der Waals surface area contributed by atoms with Gasteiger partial charge in [-0.05, 0) is 67.0 Å². The van der Waals surface area contributed by atoms with Gasteiger partial charge in [0.2, 0.25) is 0 Å². The molecule has 3 atom stereocenters. The van der Waals surface area contributed by atoms with E-state index in [1.54, 1.807) is 0 Å². The maximum atomic E-state index is 10.1. The molecule has 1 heterocycles. The van der Waals surface area contributed by atoms with E-state index in [-0.39, 0.29) is 18.8 Å². The molecule has 5 heteroatoms. The van der Waals surface area contributed by atoms with Gasteiger partial charge in [0.25, 0.3) is 0 Å². The zero-order valence-corrected chi connectivity index (χ0v) is 18.1. The van der Waals surface area contributed by atoms with Crippen LogP contribution in [0.5, 0.6) is 5.75 Å². The summed E-state index contributed by atoms with van der Waals surface area (Å²) >= 11 is 6.47. The van der Waals surface area contributed by atoms with Gasteiger partial charge in [0.05, 0.1) is 31.0 Å². The summed E-state index contributed by atoms with van der Waals surface area (Å²) in [7, 11) is 0. The van der Waals surface area contributed by atoms with Crippen LogP contribution in [0.4, 0.5) is 0 Å². The Balaban J connectivity index is 1.43.